The molecule has 0 fully saturated rings. The molecule has 0 aliphatic carbocycles. The van der Waals surface area contributed by atoms with Crippen LogP contribution in [0.15, 0.2) is 72.8 Å². The smallest absolute Gasteiger partial charge is 0.269 e. The molecule has 0 saturated carbocycles. The number of ketones is 1. The van der Waals surface area contributed by atoms with E-state index in [0.717, 1.165) is 0 Å². The van der Waals surface area contributed by atoms with E-state index in [0.29, 0.717) is 33.4 Å². The topological polar surface area (TPSA) is 169 Å². The number of hydrogen-bond donors (Lipinski definition) is 3. The van der Waals surface area contributed by atoms with Gasteiger partial charge in [0.2, 0.25) is 0 Å². The summed E-state index contributed by atoms with van der Waals surface area (Å²) in [4.78, 5) is 50.5. The number of carbonyl (C=O) groups is 2. The summed E-state index contributed by atoms with van der Waals surface area (Å²) >= 11 is 5.20. The first-order chi connectivity index (χ1) is 18.1. The predicted molar refractivity (Wildman–Crippen MR) is 144 cm³/mol. The molecular formula is C25H18N6O6S. The monoisotopic (exact) mass is 530 g/mol. The second-order valence-electron chi connectivity index (χ2n) is 7.98. The minimum Gasteiger partial charge on any atom is -0.299 e. The molecule has 0 aliphatic heterocycles. The van der Waals surface area contributed by atoms with Gasteiger partial charge in [0.05, 0.1) is 32.3 Å². The number of thiocarbonyl (C=S) groups is 1. The van der Waals surface area contributed by atoms with Crippen molar-refractivity contribution in [3.8, 4) is 11.3 Å². The molecule has 0 radical (unpaired) electrons. The van der Waals surface area contributed by atoms with Gasteiger partial charge >= 0.3 is 0 Å². The quantitative estimate of drug-likeness (QED) is 0.133. The number of amides is 1. The number of hydrazine groups is 1. The molecule has 190 valence electrons. The fourth-order valence-electron chi connectivity index (χ4n) is 3.53. The molecule has 3 N–H and O–H groups in total. The highest BCUT2D eigenvalue weighted by Gasteiger charge is 2.17. The molecule has 0 spiro atoms. The third-order valence-corrected chi connectivity index (χ3v) is 5.66. The number of rotatable bonds is 7. The first-order valence-corrected chi connectivity index (χ1v) is 11.4. The van der Waals surface area contributed by atoms with E-state index in [1.54, 1.807) is 18.2 Å². The lowest BCUT2D eigenvalue weighted by Crippen LogP contribution is -2.42. The van der Waals surface area contributed by atoms with Crippen molar-refractivity contribution in [2.24, 2.45) is 0 Å². The summed E-state index contributed by atoms with van der Waals surface area (Å²) in [5.74, 6) is -0.786. The van der Waals surface area contributed by atoms with Gasteiger partial charge in [-0.15, -0.1) is 0 Å². The molecule has 4 aromatic rings. The minimum absolute atomic E-state index is 0.0789. The van der Waals surface area contributed by atoms with Gasteiger partial charge in [0.1, 0.15) is 0 Å². The molecule has 0 aliphatic rings. The first kappa shape index (κ1) is 25.8. The molecule has 0 atom stereocenters. The maximum Gasteiger partial charge on any atom is 0.269 e. The summed E-state index contributed by atoms with van der Waals surface area (Å²) < 4.78 is 0. The zero-order valence-electron chi connectivity index (χ0n) is 19.6. The van der Waals surface area contributed by atoms with Crippen LogP contribution < -0.4 is 16.2 Å². The van der Waals surface area contributed by atoms with Crippen LogP contribution >= 0.6 is 12.2 Å². The molecule has 1 heterocycles. The van der Waals surface area contributed by atoms with Crippen LogP contribution in [0.5, 0.6) is 0 Å². The Labute approximate surface area is 220 Å². The van der Waals surface area contributed by atoms with Gasteiger partial charge in [0.15, 0.2) is 10.9 Å². The van der Waals surface area contributed by atoms with Crippen molar-refractivity contribution < 1.29 is 19.4 Å². The number of carbonyl (C=O) groups excluding carboxylic acids is 2. The molecule has 1 amide bonds. The lowest BCUT2D eigenvalue weighted by Gasteiger charge is -2.14. The number of pyridine rings is 1. The van der Waals surface area contributed by atoms with Crippen molar-refractivity contribution >= 4 is 57.0 Å². The van der Waals surface area contributed by atoms with Crippen molar-refractivity contribution in [3.05, 3.63) is 104 Å². The number of benzene rings is 3. The predicted octanol–water partition coefficient (Wildman–Crippen LogP) is 4.55. The Bertz CT molecular complexity index is 1610. The van der Waals surface area contributed by atoms with E-state index in [2.05, 4.69) is 21.2 Å². The highest BCUT2D eigenvalue weighted by molar-refractivity contribution is 7.80. The number of aromatic nitrogens is 1. The highest BCUT2D eigenvalue weighted by Crippen LogP contribution is 2.27. The minimum atomic E-state index is -0.593. The van der Waals surface area contributed by atoms with Crippen LogP contribution in [-0.2, 0) is 0 Å². The lowest BCUT2D eigenvalue weighted by molar-refractivity contribution is -0.385. The van der Waals surface area contributed by atoms with Gasteiger partial charge in [-0.1, -0.05) is 0 Å². The number of fused-ring (bicyclic) bond motifs is 1. The van der Waals surface area contributed by atoms with Crippen molar-refractivity contribution in [1.82, 2.24) is 15.7 Å². The molecule has 12 nitrogen and oxygen atoms in total. The molecule has 13 heteroatoms. The maximum absolute atomic E-state index is 13.3. The second kappa shape index (κ2) is 10.8. The van der Waals surface area contributed by atoms with Crippen LogP contribution in [0, 0.1) is 20.2 Å². The van der Waals surface area contributed by atoms with Crippen molar-refractivity contribution in [2.75, 3.05) is 5.43 Å². The highest BCUT2D eigenvalue weighted by atomic mass is 32.1. The number of nitro groups is 2. The summed E-state index contributed by atoms with van der Waals surface area (Å²) in [6.45, 7) is 1.41. The fourth-order valence-corrected chi connectivity index (χ4v) is 3.68. The molecule has 4 rings (SSSR count). The maximum atomic E-state index is 13.3. The van der Waals surface area contributed by atoms with Crippen molar-refractivity contribution in [1.29, 1.82) is 0 Å². The molecule has 0 bridgehead atoms. The molecule has 0 unspecified atom stereocenters. The molecule has 1 aromatic heterocycles. The largest absolute Gasteiger partial charge is 0.299 e. The van der Waals surface area contributed by atoms with Crippen LogP contribution in [0.3, 0.4) is 0 Å². The number of nitrogens with one attached hydrogen (secondary N) is 3. The first-order valence-electron chi connectivity index (χ1n) is 10.9. The molecule has 38 heavy (non-hydrogen) atoms. The Hall–Kier alpha value is -5.30. The van der Waals surface area contributed by atoms with Crippen LogP contribution in [-0.4, -0.2) is 31.6 Å². The number of Topliss-reactive ketones (excluding diaryl/α,β-unsaturated/α-hetero) is 1. The van der Waals surface area contributed by atoms with E-state index in [-0.39, 0.29) is 27.8 Å². The van der Waals surface area contributed by atoms with E-state index in [9.17, 15) is 29.8 Å². The van der Waals surface area contributed by atoms with Gasteiger partial charge in [-0.3, -0.25) is 46.0 Å². The number of anilines is 1. The number of non-ortho nitro benzene ring substituents is 2. The standard InChI is InChI=1S/C25H18N6O6S/c1-14(32)16-4-11-22-20(12-16)21(13-23(26-22)15-2-7-18(8-3-15)30(34)35)24(33)27-25(38)29-28-17-5-9-19(10-6-17)31(36)37/h2-13,28H,1H3,(H2,27,29,33,38). The third-order valence-electron chi connectivity index (χ3n) is 5.46. The number of hydrogen-bond acceptors (Lipinski definition) is 9. The summed E-state index contributed by atoms with van der Waals surface area (Å²) in [5.41, 5.74) is 7.59. The average Bonchev–Trinajstić information content (AvgIpc) is 2.91. The Morgan fingerprint density at radius 1 is 0.868 bits per heavy atom. The van der Waals surface area contributed by atoms with Gasteiger partial charge in [0, 0.05) is 40.8 Å². The molecule has 3 aromatic carbocycles. The van der Waals surface area contributed by atoms with Gasteiger partial charge in [-0.2, -0.15) is 0 Å². The Morgan fingerprint density at radius 2 is 1.47 bits per heavy atom. The SMILES string of the molecule is CC(=O)c1ccc2nc(-c3ccc([N+](=O)[O-])cc3)cc(C(=O)NC(=S)NNc3ccc([N+](=O)[O-])cc3)c2c1. The van der Waals surface area contributed by atoms with Gasteiger partial charge in [0.25, 0.3) is 17.3 Å². The average molecular weight is 531 g/mol. The van der Waals surface area contributed by atoms with Crippen LogP contribution in [0.25, 0.3) is 22.2 Å². The van der Waals surface area contributed by atoms with Gasteiger partial charge in [-0.25, -0.2) is 4.98 Å². The van der Waals surface area contributed by atoms with Crippen LogP contribution in [0.1, 0.15) is 27.6 Å². The number of nitrogens with zero attached hydrogens (tertiary/aromatic N) is 3. The lowest BCUT2D eigenvalue weighted by atomic mass is 10.0. The summed E-state index contributed by atoms with van der Waals surface area (Å²) in [6.07, 6.45) is 0. The van der Waals surface area contributed by atoms with Crippen molar-refractivity contribution in [3.63, 3.8) is 0 Å². The van der Waals surface area contributed by atoms with Crippen LogP contribution in [0.2, 0.25) is 0 Å². The second-order valence-corrected chi connectivity index (χ2v) is 8.39. The molecule has 0 saturated heterocycles. The summed E-state index contributed by atoms with van der Waals surface area (Å²) in [6, 6.07) is 17.5. The van der Waals surface area contributed by atoms with E-state index in [1.165, 1.54) is 61.5 Å². The zero-order chi connectivity index (χ0) is 27.4. The third kappa shape index (κ3) is 5.74. The van der Waals surface area contributed by atoms with Gasteiger partial charge < -0.3 is 0 Å². The normalized spacial score (nSPS) is 10.4. The zero-order valence-corrected chi connectivity index (χ0v) is 20.4. The van der Waals surface area contributed by atoms with E-state index in [4.69, 9.17) is 12.2 Å². The van der Waals surface area contributed by atoms with Crippen molar-refractivity contribution in [2.45, 2.75) is 6.92 Å². The number of nitro benzene ring substituents is 2. The summed E-state index contributed by atoms with van der Waals surface area (Å²) in [7, 11) is 0. The van der Waals surface area contributed by atoms with E-state index < -0.39 is 15.8 Å². The Kier molecular flexibility index (Phi) is 7.30. The van der Waals surface area contributed by atoms with Gasteiger partial charge in [-0.05, 0) is 67.7 Å². The Balaban J connectivity index is 1.61. The summed E-state index contributed by atoms with van der Waals surface area (Å²) in [5, 5.41) is 24.7. The van der Waals surface area contributed by atoms with E-state index >= 15 is 0 Å². The Morgan fingerprint density at radius 3 is 2.05 bits per heavy atom. The van der Waals surface area contributed by atoms with Crippen LogP contribution in [0.4, 0.5) is 17.1 Å². The fraction of sp³-hybridized carbons (Fsp3) is 0.0400. The molecular weight excluding hydrogens is 512 g/mol. The van der Waals surface area contributed by atoms with E-state index in [1.807, 2.05) is 0 Å².